The fourth-order valence-corrected chi connectivity index (χ4v) is 19.8. The second-order valence-electron chi connectivity index (χ2n) is 27.9. The Morgan fingerprint density at radius 2 is 0.960 bits per heavy atom. The van der Waals surface area contributed by atoms with Gasteiger partial charge in [0.2, 0.25) is 0 Å². The van der Waals surface area contributed by atoms with E-state index in [9.17, 15) is 33.0 Å². The molecule has 0 saturated carbocycles. The van der Waals surface area contributed by atoms with Crippen LogP contribution < -0.4 is 39.2 Å². The Hall–Kier alpha value is -9.34. The number of carbonyl (C=O) groups excluding carboxylic acids is 3. The van der Waals surface area contributed by atoms with Crippen LogP contribution in [0.2, 0.25) is 0 Å². The molecule has 0 spiro atoms. The van der Waals surface area contributed by atoms with Gasteiger partial charge < -0.3 is 50.4 Å². The molecule has 16 rings (SSSR count). The molecule has 1 radical (unpaired) electrons. The number of thiazole rings is 4. The summed E-state index contributed by atoms with van der Waals surface area (Å²) in [5, 5.41) is 26.3. The number of aryl methyl sites for hydroxylation is 5. The number of nitrogens with zero attached hydrogens (tertiary/aromatic N) is 20. The van der Waals surface area contributed by atoms with E-state index in [1.807, 2.05) is 85.3 Å². The summed E-state index contributed by atoms with van der Waals surface area (Å²) in [5.41, 5.74) is 24.8. The monoisotopic (exact) mass is 2120 g/mol. The molecule has 0 fully saturated rings. The van der Waals surface area contributed by atoms with E-state index in [1.54, 1.807) is 203 Å². The quantitative estimate of drug-likeness (QED) is 0.0147. The molecule has 16 aromatic heterocycles. The number of ether oxygens (including phenoxy) is 2. The Morgan fingerprint density at radius 3 is 1.32 bits per heavy atom. The number of thiol groups is 1. The van der Waals surface area contributed by atoms with Gasteiger partial charge in [-0.05, 0) is 204 Å². The van der Waals surface area contributed by atoms with Crippen molar-refractivity contribution in [1.82, 2.24) is 92.5 Å². The Balaban J connectivity index is 0.000000189. The van der Waals surface area contributed by atoms with Gasteiger partial charge in [-0.15, -0.1) is 45.3 Å². The van der Waals surface area contributed by atoms with Gasteiger partial charge in [-0.2, -0.15) is 15.3 Å². The number of rotatable bonds is 14. The van der Waals surface area contributed by atoms with Gasteiger partial charge in [0.1, 0.15) is 58.9 Å². The van der Waals surface area contributed by atoms with Crippen LogP contribution in [0.1, 0.15) is 92.8 Å². The fraction of sp³-hybridized carbons (Fsp3) is 0.286. The Morgan fingerprint density at radius 1 is 0.584 bits per heavy atom. The molecule has 0 aliphatic heterocycles. The number of hydrogen-bond donors (Lipinski definition) is 6. The average Bonchev–Trinajstić information content (AvgIpc) is 1.60. The van der Waals surface area contributed by atoms with E-state index >= 15 is 0 Å². The number of nitrogens with one attached hydrogen (secondary N) is 2. The third kappa shape index (κ3) is 26.2. The molecule has 1 unspecified atom stereocenters. The van der Waals surface area contributed by atoms with Crippen molar-refractivity contribution in [1.29, 1.82) is 5.41 Å². The van der Waals surface area contributed by atoms with Gasteiger partial charge in [0, 0.05) is 98.7 Å². The van der Waals surface area contributed by atoms with Crippen LogP contribution in [0.5, 0.6) is 0 Å². The number of thioether (sulfide) groups is 3. The fourth-order valence-electron chi connectivity index (χ4n) is 11.6. The van der Waals surface area contributed by atoms with Crippen LogP contribution in [0, 0.1) is 12.3 Å². The minimum atomic E-state index is -1.16. The predicted octanol–water partition coefficient (Wildman–Crippen LogP) is 16.3. The molecule has 1 atom stereocenters. The molecule has 0 aliphatic rings. The number of hydrogen-bond acceptors (Lipinski definition) is 32. The topological polar surface area (TPSA) is 453 Å². The Bertz CT molecular complexity index is 6810. The molecular formula is C77H85BBr4N25O9S9. The van der Waals surface area contributed by atoms with Crippen molar-refractivity contribution >= 4 is 286 Å². The summed E-state index contributed by atoms with van der Waals surface area (Å²) in [6, 6.07) is 18.6. The zero-order chi connectivity index (χ0) is 90.9. The zero-order valence-electron chi connectivity index (χ0n) is 69.0. The van der Waals surface area contributed by atoms with Crippen molar-refractivity contribution in [2.24, 2.45) is 44.0 Å². The number of fused-ring (bicyclic) bond motifs is 10. The van der Waals surface area contributed by atoms with Gasteiger partial charge in [0.25, 0.3) is 22.6 Å². The molecule has 657 valence electrons. The number of nitrogens with two attached hydrogens (primary N) is 3. The Kier molecular flexibility index (Phi) is 36.7. The number of carbonyl (C=O) groups is 3. The molecule has 34 nitrogen and oxygen atoms in total. The SMILES string of the molecule is BrCc1ccnc(Br)c1.C.CC(C)(C)OC(N)=O.CSc1nc2c(s1)c(C=N)c(C(N)=O)n2C.CSc1nc2c(s1)c1cnn(Cc3ccnc(Br)c3)c(=O)c1n2C.CSc1nc2c(s1)c1cnn(Cc3ccnc(NC(=O)OC(C)(C)C)c3)c(=O)c1n2C.Cc1ccnc(Br)c1.Cn1c2nc(S(C)=O)sc2c2cnn(Cc3ccnc(N)c3)c(=O)c21.[B]=NS. The molecule has 125 heavy (non-hydrogen) atoms. The van der Waals surface area contributed by atoms with Gasteiger partial charge in [0.15, 0.2) is 39.9 Å². The molecule has 16 aromatic rings. The van der Waals surface area contributed by atoms with Gasteiger partial charge in [-0.3, -0.25) is 28.7 Å². The van der Waals surface area contributed by atoms with Crippen molar-refractivity contribution < 1.29 is 28.1 Å². The first-order valence-corrected chi connectivity index (χ1v) is 48.5. The molecule has 0 aromatic carbocycles. The maximum absolute atomic E-state index is 13.1. The van der Waals surface area contributed by atoms with Crippen LogP contribution in [-0.2, 0) is 73.4 Å². The molecule has 0 bridgehead atoms. The van der Waals surface area contributed by atoms with E-state index in [-0.39, 0.29) is 30.6 Å². The van der Waals surface area contributed by atoms with Crippen molar-refractivity contribution in [2.45, 2.75) is 109 Å². The standard InChI is InChI=1S/C20H22N6O3S2.C15H12BrN5OS2.C15H14N6O2S2.C9H10N4OS2.C6H5Br2N.C6H6BrN.C5H11NO2.CH4.BHNS/c1-20(2,3)29-18(28)23-13-8-11(6-7-21-13)10-26-17(27)14-12(9-22-26)15-16(25(14)4)24-19(30-5)31-15;1-20-11-9(12-13(20)19-15(23-2)24-12)6-18-21(14(11)22)7-8-3-4-17-10(16)5-8;1-20-11-9(12-13(20)19-15(24-12)25(2)23)6-18-21(14(11)22)7-8-3-4-17-10(16)5-8;1-13-5(7(11)14)4(3-10)6-8(13)12-9(15-2)16-6;7-4-5-1-2-9-6(8)3-5;1-5-2-3-8-6(7)4-5;1-5(2,3)8-4(6)7;;1-2-3/h6-9H,10H2,1-5H3,(H,21,23,28);3-6H,7H2,1-2H3;3-6H,7H2,1-2H3,(H2,16,17);3,10H,1-2H3,(H2,11,14);1-3H,4H2;2-4H,1H3;1-3H3,(H2,6,7);1H4;3H. The van der Waals surface area contributed by atoms with E-state index in [0.717, 1.165) is 101 Å². The van der Waals surface area contributed by atoms with Crippen LogP contribution in [0.3, 0.4) is 0 Å². The van der Waals surface area contributed by atoms with Crippen LogP contribution in [0.15, 0.2) is 160 Å². The molecule has 8 N–H and O–H groups in total. The first-order valence-electron chi connectivity index (χ1n) is 36.1. The average molecular weight is 2120 g/mol. The van der Waals surface area contributed by atoms with E-state index in [1.165, 1.54) is 47.8 Å². The van der Waals surface area contributed by atoms with Crippen LogP contribution in [0.4, 0.5) is 21.2 Å². The summed E-state index contributed by atoms with van der Waals surface area (Å²) in [6.07, 6.45) is 20.9. The number of alkyl halides is 1. The number of halogens is 4. The van der Waals surface area contributed by atoms with E-state index in [2.05, 4.69) is 159 Å². The molecule has 3 amide bonds. The zero-order valence-corrected chi connectivity index (χ0v) is 82.7. The van der Waals surface area contributed by atoms with Crippen LogP contribution >= 0.6 is 157 Å². The number of primary amides is 2. The molecular weight excluding hydrogens is 2040 g/mol. The number of aromatic nitrogens is 19. The summed E-state index contributed by atoms with van der Waals surface area (Å²) in [4.78, 5) is 110. The summed E-state index contributed by atoms with van der Waals surface area (Å²) < 4.78 is 45.1. The molecule has 0 aliphatic carbocycles. The van der Waals surface area contributed by atoms with Gasteiger partial charge in [-0.1, -0.05) is 58.6 Å². The number of nitrogen functional groups attached to an aromatic ring is 1. The Labute approximate surface area is 787 Å². The summed E-state index contributed by atoms with van der Waals surface area (Å²) in [5.74, 6) is 0.209. The maximum atomic E-state index is 13.1. The summed E-state index contributed by atoms with van der Waals surface area (Å²) in [6.45, 7) is 13.6. The number of amides is 3. The normalized spacial score (nSPS) is 11.2. The first kappa shape index (κ1) is 101. The van der Waals surface area contributed by atoms with Crippen molar-refractivity contribution in [3.8, 4) is 0 Å². The first-order chi connectivity index (χ1) is 58.7. The molecule has 16 heterocycles. The second kappa shape index (κ2) is 45.4. The van der Waals surface area contributed by atoms with Crippen LogP contribution in [-0.4, -0.2) is 165 Å². The van der Waals surface area contributed by atoms with Crippen molar-refractivity contribution in [3.05, 3.63) is 194 Å². The van der Waals surface area contributed by atoms with Crippen molar-refractivity contribution in [3.63, 3.8) is 0 Å². The van der Waals surface area contributed by atoms with Gasteiger partial charge in [-0.25, -0.2) is 68.5 Å². The van der Waals surface area contributed by atoms with Crippen LogP contribution in [0.25, 0.3) is 74.1 Å². The third-order valence-corrected chi connectivity index (χ3v) is 27.3. The van der Waals surface area contributed by atoms with E-state index in [0.29, 0.717) is 68.2 Å². The summed E-state index contributed by atoms with van der Waals surface area (Å²) >= 11 is 27.1. The van der Waals surface area contributed by atoms with E-state index in [4.69, 9.17) is 27.3 Å². The van der Waals surface area contributed by atoms with Crippen molar-refractivity contribution in [2.75, 3.05) is 36.1 Å². The number of anilines is 2. The second-order valence-corrected chi connectivity index (χ2v) is 39.8. The number of pyridine rings is 5. The molecule has 0 saturated heterocycles. The van der Waals surface area contributed by atoms with Gasteiger partial charge in [0.05, 0.1) is 67.8 Å². The minimum absolute atomic E-state index is 0. The van der Waals surface area contributed by atoms with Gasteiger partial charge >= 0.3 is 36.9 Å². The predicted molar refractivity (Wildman–Crippen MR) is 525 cm³/mol. The summed E-state index contributed by atoms with van der Waals surface area (Å²) in [7, 11) is 10.4. The third-order valence-electron chi connectivity index (χ3n) is 16.7. The molecule has 48 heteroatoms. The van der Waals surface area contributed by atoms with E-state index < -0.39 is 40.1 Å².